The van der Waals surface area contributed by atoms with Crippen molar-refractivity contribution < 1.29 is 18.7 Å². The monoisotopic (exact) mass is 354 g/mol. The predicted molar refractivity (Wildman–Crippen MR) is 95.5 cm³/mol. The number of rotatable bonds is 7. The Hall–Kier alpha value is -3.55. The van der Waals surface area contributed by atoms with E-state index in [2.05, 4.69) is 20.7 Å². The first-order chi connectivity index (χ1) is 12.7. The molecule has 1 amide bonds. The second-order valence-corrected chi connectivity index (χ2v) is 5.18. The van der Waals surface area contributed by atoms with Crippen LogP contribution < -0.4 is 14.9 Å². The van der Waals surface area contributed by atoms with Crippen LogP contribution in [0.3, 0.4) is 0 Å². The molecular formula is C18H18N4O4. The Labute approximate surface area is 149 Å². The van der Waals surface area contributed by atoms with E-state index in [1.807, 2.05) is 13.0 Å². The fourth-order valence-corrected chi connectivity index (χ4v) is 2.27. The molecule has 26 heavy (non-hydrogen) atoms. The number of benzene rings is 1. The molecule has 3 aromatic rings. The molecule has 0 bridgehead atoms. The third-order valence-corrected chi connectivity index (χ3v) is 3.48. The molecule has 8 nitrogen and oxygen atoms in total. The molecule has 134 valence electrons. The van der Waals surface area contributed by atoms with Crippen LogP contribution >= 0.6 is 0 Å². The van der Waals surface area contributed by atoms with Gasteiger partial charge in [-0.25, -0.2) is 5.43 Å². The number of hydrogen-bond acceptors (Lipinski definition) is 6. The first kappa shape index (κ1) is 17.3. The van der Waals surface area contributed by atoms with Crippen LogP contribution in [0.25, 0.3) is 11.3 Å². The number of methoxy groups -OCH3 is 1. The number of nitrogens with zero attached hydrogens (tertiary/aromatic N) is 2. The maximum Gasteiger partial charge on any atom is 0.289 e. The molecule has 0 spiro atoms. The highest BCUT2D eigenvalue weighted by Crippen LogP contribution is 2.32. The Kier molecular flexibility index (Phi) is 5.33. The number of furan rings is 1. The van der Waals surface area contributed by atoms with Crippen LogP contribution in [0.2, 0.25) is 0 Å². The molecule has 2 N–H and O–H groups in total. The van der Waals surface area contributed by atoms with Crippen molar-refractivity contribution in [3.8, 4) is 22.8 Å². The van der Waals surface area contributed by atoms with Crippen molar-refractivity contribution in [1.82, 2.24) is 15.6 Å². The Morgan fingerprint density at radius 3 is 2.96 bits per heavy atom. The van der Waals surface area contributed by atoms with Crippen molar-refractivity contribution in [2.24, 2.45) is 5.10 Å². The van der Waals surface area contributed by atoms with Gasteiger partial charge in [0.05, 0.1) is 31.9 Å². The number of carbonyl (C=O) groups excluding carboxylic acids is 1. The van der Waals surface area contributed by atoms with Crippen LogP contribution in [-0.2, 0) is 0 Å². The highest BCUT2D eigenvalue weighted by atomic mass is 16.5. The van der Waals surface area contributed by atoms with Gasteiger partial charge < -0.3 is 13.9 Å². The summed E-state index contributed by atoms with van der Waals surface area (Å²) in [7, 11) is 1.57. The van der Waals surface area contributed by atoms with Crippen LogP contribution in [0.1, 0.15) is 23.2 Å². The molecule has 0 aliphatic rings. The number of nitrogens with one attached hydrogen (secondary N) is 2. The third-order valence-electron chi connectivity index (χ3n) is 3.48. The van der Waals surface area contributed by atoms with E-state index in [9.17, 15) is 4.79 Å². The predicted octanol–water partition coefficient (Wildman–Crippen LogP) is 2.84. The summed E-state index contributed by atoms with van der Waals surface area (Å²) in [5.74, 6) is 1.38. The number of aromatic amines is 1. The Morgan fingerprint density at radius 2 is 2.23 bits per heavy atom. The lowest BCUT2D eigenvalue weighted by molar-refractivity contribution is 0.0950. The lowest BCUT2D eigenvalue weighted by atomic mass is 10.1. The highest BCUT2D eigenvalue weighted by molar-refractivity contribution is 5.94. The van der Waals surface area contributed by atoms with Crippen molar-refractivity contribution >= 4 is 12.1 Å². The Morgan fingerprint density at radius 1 is 1.35 bits per heavy atom. The third kappa shape index (κ3) is 3.92. The summed E-state index contributed by atoms with van der Waals surface area (Å²) in [6.45, 7) is 2.45. The first-order valence-corrected chi connectivity index (χ1v) is 7.94. The summed E-state index contributed by atoms with van der Waals surface area (Å²) < 4.78 is 15.9. The molecule has 0 unspecified atom stereocenters. The van der Waals surface area contributed by atoms with E-state index in [1.54, 1.807) is 37.4 Å². The second-order valence-electron chi connectivity index (χ2n) is 5.18. The fourth-order valence-electron chi connectivity index (χ4n) is 2.27. The van der Waals surface area contributed by atoms with E-state index in [0.29, 0.717) is 29.6 Å². The van der Waals surface area contributed by atoms with Gasteiger partial charge in [-0.1, -0.05) is 0 Å². The van der Waals surface area contributed by atoms with Gasteiger partial charge in [0.2, 0.25) is 0 Å². The van der Waals surface area contributed by atoms with Crippen LogP contribution in [-0.4, -0.2) is 36.0 Å². The van der Waals surface area contributed by atoms with E-state index in [0.717, 1.165) is 5.56 Å². The molecule has 3 rings (SSSR count). The standard InChI is InChI=1S/C18H18N4O4/c1-3-25-16-7-6-12(9-17(16)24-2)14-10-15(21-20-14)18(23)22-19-11-13-5-4-8-26-13/h4-11H,3H2,1-2H3,(H,20,21)(H,22,23)/b19-11+. The van der Waals surface area contributed by atoms with Crippen LogP contribution in [0, 0.1) is 0 Å². The molecule has 0 aliphatic carbocycles. The summed E-state index contributed by atoms with van der Waals surface area (Å²) in [6, 6.07) is 10.5. The van der Waals surface area contributed by atoms with Gasteiger partial charge in [-0.15, -0.1) is 0 Å². The van der Waals surface area contributed by atoms with Gasteiger partial charge in [0.1, 0.15) is 11.5 Å². The zero-order valence-electron chi connectivity index (χ0n) is 14.4. The van der Waals surface area contributed by atoms with Gasteiger partial charge in [0.25, 0.3) is 5.91 Å². The molecular weight excluding hydrogens is 336 g/mol. The highest BCUT2D eigenvalue weighted by Gasteiger charge is 2.13. The van der Waals surface area contributed by atoms with Gasteiger partial charge in [0, 0.05) is 5.56 Å². The average Bonchev–Trinajstić information content (AvgIpc) is 3.34. The topological polar surface area (TPSA) is 102 Å². The Balaban J connectivity index is 1.71. The summed E-state index contributed by atoms with van der Waals surface area (Å²) in [4.78, 5) is 12.1. The molecule has 8 heteroatoms. The molecule has 2 heterocycles. The van der Waals surface area contributed by atoms with Crippen molar-refractivity contribution in [2.45, 2.75) is 6.92 Å². The number of ether oxygens (including phenoxy) is 2. The van der Waals surface area contributed by atoms with E-state index in [-0.39, 0.29) is 5.69 Å². The summed E-state index contributed by atoms with van der Waals surface area (Å²) in [6.07, 6.45) is 2.93. The number of aromatic nitrogens is 2. The van der Waals surface area contributed by atoms with Gasteiger partial charge in [0.15, 0.2) is 11.5 Å². The maximum absolute atomic E-state index is 12.1. The smallest absolute Gasteiger partial charge is 0.289 e. The van der Waals surface area contributed by atoms with Crippen molar-refractivity contribution in [3.63, 3.8) is 0 Å². The van der Waals surface area contributed by atoms with Gasteiger partial charge in [-0.2, -0.15) is 10.2 Å². The normalized spacial score (nSPS) is 10.8. The number of H-pyrrole nitrogens is 1. The minimum Gasteiger partial charge on any atom is -0.493 e. The lowest BCUT2D eigenvalue weighted by Gasteiger charge is -2.09. The zero-order chi connectivity index (χ0) is 18.4. The zero-order valence-corrected chi connectivity index (χ0v) is 14.4. The van der Waals surface area contributed by atoms with E-state index < -0.39 is 5.91 Å². The SMILES string of the molecule is CCOc1ccc(-c2cc(C(=O)N/N=C/c3ccco3)[nH]n2)cc1OC. The second kappa shape index (κ2) is 8.02. The molecule has 2 aromatic heterocycles. The van der Waals surface area contributed by atoms with Crippen LogP contribution in [0.15, 0.2) is 52.2 Å². The molecule has 0 saturated heterocycles. The largest absolute Gasteiger partial charge is 0.493 e. The number of amides is 1. The number of carbonyl (C=O) groups is 1. The first-order valence-electron chi connectivity index (χ1n) is 7.94. The van der Waals surface area contributed by atoms with Crippen molar-refractivity contribution in [3.05, 3.63) is 54.1 Å². The summed E-state index contributed by atoms with van der Waals surface area (Å²) >= 11 is 0. The van der Waals surface area contributed by atoms with Crippen LogP contribution in [0.5, 0.6) is 11.5 Å². The minimum absolute atomic E-state index is 0.282. The van der Waals surface area contributed by atoms with E-state index >= 15 is 0 Å². The average molecular weight is 354 g/mol. The molecule has 0 fully saturated rings. The number of hydrogen-bond donors (Lipinski definition) is 2. The van der Waals surface area contributed by atoms with Crippen molar-refractivity contribution in [2.75, 3.05) is 13.7 Å². The quantitative estimate of drug-likeness (QED) is 0.502. The number of hydrazone groups is 1. The van der Waals surface area contributed by atoms with E-state index in [4.69, 9.17) is 13.9 Å². The molecule has 0 radical (unpaired) electrons. The van der Waals surface area contributed by atoms with Crippen molar-refractivity contribution in [1.29, 1.82) is 0 Å². The molecule has 0 aliphatic heterocycles. The minimum atomic E-state index is -0.413. The molecule has 0 atom stereocenters. The summed E-state index contributed by atoms with van der Waals surface area (Å²) in [5, 5.41) is 10.7. The maximum atomic E-state index is 12.1. The van der Waals surface area contributed by atoms with Crippen LogP contribution in [0.4, 0.5) is 0 Å². The lowest BCUT2D eigenvalue weighted by Crippen LogP contribution is -2.17. The van der Waals surface area contributed by atoms with Gasteiger partial charge in [-0.05, 0) is 43.3 Å². The molecule has 0 saturated carbocycles. The van der Waals surface area contributed by atoms with E-state index in [1.165, 1.54) is 12.5 Å². The Bertz CT molecular complexity index is 900. The van der Waals surface area contributed by atoms with Gasteiger partial charge in [-0.3, -0.25) is 9.89 Å². The summed E-state index contributed by atoms with van der Waals surface area (Å²) in [5.41, 5.74) is 4.08. The molecule has 1 aromatic carbocycles. The fraction of sp³-hybridized carbons (Fsp3) is 0.167. The van der Waals surface area contributed by atoms with Gasteiger partial charge >= 0.3 is 0 Å².